The Bertz CT molecular complexity index is 650. The Balaban J connectivity index is 1.67. The summed E-state index contributed by atoms with van der Waals surface area (Å²) in [5.41, 5.74) is 7.09. The van der Waals surface area contributed by atoms with Crippen LogP contribution < -0.4 is 5.32 Å². The fourth-order valence-corrected chi connectivity index (χ4v) is 3.58. The summed E-state index contributed by atoms with van der Waals surface area (Å²) >= 11 is 0. The number of hydrogen-bond acceptors (Lipinski definition) is 2. The van der Waals surface area contributed by atoms with Crippen molar-refractivity contribution in [3.63, 3.8) is 0 Å². The summed E-state index contributed by atoms with van der Waals surface area (Å²) in [7, 11) is 2.06. The maximum absolute atomic E-state index is 5.52. The topological polar surface area (TPSA) is 21.3 Å². The first-order valence-corrected chi connectivity index (χ1v) is 7.31. The van der Waals surface area contributed by atoms with E-state index in [1.807, 2.05) is 0 Å². The Morgan fingerprint density at radius 2 is 1.90 bits per heavy atom. The molecule has 0 radical (unpaired) electrons. The third-order valence-corrected chi connectivity index (χ3v) is 4.71. The van der Waals surface area contributed by atoms with Crippen LogP contribution in [0.4, 0.5) is 0 Å². The van der Waals surface area contributed by atoms with Gasteiger partial charge in [-0.1, -0.05) is 42.5 Å². The average Bonchev–Trinajstić information content (AvgIpc) is 2.92. The summed E-state index contributed by atoms with van der Waals surface area (Å²) in [5.74, 6) is 0.594. The summed E-state index contributed by atoms with van der Waals surface area (Å²) in [4.78, 5) is 0. The minimum atomic E-state index is 0.399. The molecule has 0 saturated heterocycles. The van der Waals surface area contributed by atoms with Gasteiger partial charge in [-0.15, -0.1) is 0 Å². The molecular formula is C18H19NO. The number of rotatable bonds is 3. The van der Waals surface area contributed by atoms with Crippen LogP contribution in [0.15, 0.2) is 42.5 Å². The number of hydrogen-bond donors (Lipinski definition) is 1. The van der Waals surface area contributed by atoms with Gasteiger partial charge in [-0.2, -0.15) is 0 Å². The van der Waals surface area contributed by atoms with Crippen molar-refractivity contribution < 1.29 is 4.74 Å². The van der Waals surface area contributed by atoms with Crippen LogP contribution in [0.2, 0.25) is 0 Å². The zero-order valence-corrected chi connectivity index (χ0v) is 11.7. The predicted octanol–water partition coefficient (Wildman–Crippen LogP) is 3.32. The first kappa shape index (κ1) is 12.1. The molecule has 0 saturated carbocycles. The third kappa shape index (κ3) is 1.80. The molecule has 2 aromatic rings. The largest absolute Gasteiger partial charge is 0.372 e. The number of likely N-dealkylation sites (N-methyl/N-ethyl adjacent to an activating group) is 1. The Hall–Kier alpha value is -1.64. The second kappa shape index (κ2) is 4.72. The monoisotopic (exact) mass is 265 g/mol. The van der Waals surface area contributed by atoms with Crippen molar-refractivity contribution in [1.29, 1.82) is 0 Å². The predicted molar refractivity (Wildman–Crippen MR) is 79.6 cm³/mol. The minimum absolute atomic E-state index is 0.399. The van der Waals surface area contributed by atoms with Gasteiger partial charge in [-0.25, -0.2) is 0 Å². The molecule has 0 aromatic heterocycles. The van der Waals surface area contributed by atoms with Crippen molar-refractivity contribution in [2.75, 3.05) is 7.05 Å². The first-order chi connectivity index (χ1) is 9.86. The molecule has 102 valence electrons. The van der Waals surface area contributed by atoms with Crippen LogP contribution in [0.25, 0.3) is 0 Å². The summed E-state index contributed by atoms with van der Waals surface area (Å²) in [6, 6.07) is 16.0. The van der Waals surface area contributed by atoms with Gasteiger partial charge in [0, 0.05) is 12.0 Å². The van der Waals surface area contributed by atoms with Gasteiger partial charge in [0.1, 0.15) is 0 Å². The lowest BCUT2D eigenvalue weighted by Crippen LogP contribution is -2.31. The van der Waals surface area contributed by atoms with Crippen molar-refractivity contribution in [3.8, 4) is 0 Å². The number of fused-ring (bicyclic) bond motifs is 2. The molecule has 4 rings (SSSR count). The normalized spacial score (nSPS) is 20.9. The number of benzene rings is 2. The van der Waals surface area contributed by atoms with E-state index in [0.29, 0.717) is 12.0 Å². The van der Waals surface area contributed by atoms with Gasteiger partial charge in [-0.3, -0.25) is 0 Å². The van der Waals surface area contributed by atoms with Gasteiger partial charge >= 0.3 is 0 Å². The van der Waals surface area contributed by atoms with Crippen molar-refractivity contribution in [2.45, 2.75) is 31.6 Å². The standard InChI is InChI=1S/C18H19NO/c1-19-18(17-9-12-4-2-3-5-16(12)17)13-6-7-14-10-20-11-15(14)8-13/h2-8,17-19H,9-11H2,1H3. The van der Waals surface area contributed by atoms with E-state index < -0.39 is 0 Å². The Kier molecular flexibility index (Phi) is 2.86. The Morgan fingerprint density at radius 1 is 1.05 bits per heavy atom. The van der Waals surface area contributed by atoms with E-state index in [9.17, 15) is 0 Å². The number of ether oxygens (including phenoxy) is 1. The molecule has 2 aromatic carbocycles. The molecule has 2 unspecified atom stereocenters. The van der Waals surface area contributed by atoms with E-state index in [1.165, 1.54) is 34.2 Å². The molecule has 2 aliphatic rings. The Morgan fingerprint density at radius 3 is 2.75 bits per heavy atom. The van der Waals surface area contributed by atoms with Gasteiger partial charge in [-0.05, 0) is 41.3 Å². The highest BCUT2D eigenvalue weighted by molar-refractivity contribution is 5.44. The van der Waals surface area contributed by atoms with E-state index in [-0.39, 0.29) is 0 Å². The summed E-state index contributed by atoms with van der Waals surface area (Å²) in [6.45, 7) is 1.53. The van der Waals surface area contributed by atoms with Gasteiger partial charge in [0.25, 0.3) is 0 Å². The molecule has 1 heterocycles. The van der Waals surface area contributed by atoms with E-state index in [1.54, 1.807) is 0 Å². The summed E-state index contributed by atoms with van der Waals surface area (Å²) in [6.07, 6.45) is 1.18. The summed E-state index contributed by atoms with van der Waals surface area (Å²) < 4.78 is 5.52. The highest BCUT2D eigenvalue weighted by Crippen LogP contribution is 2.43. The lowest BCUT2D eigenvalue weighted by Gasteiger charge is -2.37. The molecule has 0 spiro atoms. The molecule has 20 heavy (non-hydrogen) atoms. The van der Waals surface area contributed by atoms with E-state index >= 15 is 0 Å². The zero-order valence-electron chi connectivity index (χ0n) is 11.7. The van der Waals surface area contributed by atoms with Gasteiger partial charge in [0.2, 0.25) is 0 Å². The Labute approximate surface area is 119 Å². The second-order valence-electron chi connectivity index (χ2n) is 5.80. The molecule has 1 N–H and O–H groups in total. The third-order valence-electron chi connectivity index (χ3n) is 4.71. The van der Waals surface area contributed by atoms with E-state index in [2.05, 4.69) is 54.8 Å². The lowest BCUT2D eigenvalue weighted by molar-refractivity contribution is 0.134. The zero-order chi connectivity index (χ0) is 13.5. The van der Waals surface area contributed by atoms with E-state index in [4.69, 9.17) is 4.74 Å². The van der Waals surface area contributed by atoms with Crippen LogP contribution in [0, 0.1) is 0 Å². The van der Waals surface area contributed by atoms with Crippen LogP contribution in [0.3, 0.4) is 0 Å². The summed E-state index contributed by atoms with van der Waals surface area (Å²) in [5, 5.41) is 3.51. The SMILES string of the molecule is CNC(c1ccc2c(c1)COC2)C1Cc2ccccc21. The quantitative estimate of drug-likeness (QED) is 0.919. The molecule has 0 fully saturated rings. The molecule has 2 heteroatoms. The molecule has 0 bridgehead atoms. The second-order valence-corrected chi connectivity index (χ2v) is 5.80. The van der Waals surface area contributed by atoms with Gasteiger partial charge in [0.05, 0.1) is 13.2 Å². The first-order valence-electron chi connectivity index (χ1n) is 7.31. The average molecular weight is 265 g/mol. The van der Waals surface area contributed by atoms with Crippen molar-refractivity contribution >= 4 is 0 Å². The van der Waals surface area contributed by atoms with Crippen LogP contribution in [-0.2, 0) is 24.4 Å². The van der Waals surface area contributed by atoms with E-state index in [0.717, 1.165) is 13.2 Å². The fourth-order valence-electron chi connectivity index (χ4n) is 3.58. The van der Waals surface area contributed by atoms with Crippen LogP contribution in [0.5, 0.6) is 0 Å². The fraction of sp³-hybridized carbons (Fsp3) is 0.333. The van der Waals surface area contributed by atoms with Crippen LogP contribution in [0.1, 0.15) is 39.8 Å². The van der Waals surface area contributed by atoms with Crippen LogP contribution >= 0.6 is 0 Å². The van der Waals surface area contributed by atoms with Crippen molar-refractivity contribution in [2.24, 2.45) is 0 Å². The van der Waals surface area contributed by atoms with Gasteiger partial charge in [0.15, 0.2) is 0 Å². The molecule has 0 amide bonds. The van der Waals surface area contributed by atoms with Crippen LogP contribution in [-0.4, -0.2) is 7.05 Å². The maximum atomic E-state index is 5.52. The molecule has 1 aliphatic carbocycles. The molecular weight excluding hydrogens is 246 g/mol. The lowest BCUT2D eigenvalue weighted by atomic mass is 9.71. The number of nitrogens with one attached hydrogen (secondary N) is 1. The smallest absolute Gasteiger partial charge is 0.0725 e. The molecule has 1 aliphatic heterocycles. The molecule has 2 nitrogen and oxygen atoms in total. The van der Waals surface area contributed by atoms with Gasteiger partial charge < -0.3 is 10.1 Å². The minimum Gasteiger partial charge on any atom is -0.372 e. The van der Waals surface area contributed by atoms with Crippen molar-refractivity contribution in [3.05, 3.63) is 70.3 Å². The maximum Gasteiger partial charge on any atom is 0.0725 e. The highest BCUT2D eigenvalue weighted by Gasteiger charge is 2.33. The molecule has 2 atom stereocenters. The highest BCUT2D eigenvalue weighted by atomic mass is 16.5. The van der Waals surface area contributed by atoms with Crippen molar-refractivity contribution in [1.82, 2.24) is 5.32 Å².